The summed E-state index contributed by atoms with van der Waals surface area (Å²) in [5.41, 5.74) is -0.0463. The Hall–Kier alpha value is -2.78. The lowest BCUT2D eigenvalue weighted by atomic mass is 9.78. The number of nitrogens with zero attached hydrogens (tertiary/aromatic N) is 7. The third-order valence-corrected chi connectivity index (χ3v) is 5.46. The van der Waals surface area contributed by atoms with Crippen LogP contribution in [0, 0.1) is 5.41 Å². The summed E-state index contributed by atoms with van der Waals surface area (Å²) in [6.45, 7) is 5.90. The zero-order chi connectivity index (χ0) is 18.3. The lowest BCUT2D eigenvalue weighted by molar-refractivity contribution is -0.147. The molecule has 2 fully saturated rings. The van der Waals surface area contributed by atoms with Gasteiger partial charge in [0.05, 0.1) is 11.6 Å². The molecule has 2 aromatic rings. The third kappa shape index (κ3) is 2.56. The standard InChI is InChI=1S/C16H22N8O2/c1-11(2)23-6-3-4-16(15(23)26)5-7-22(9-16)14(25)12-8-17-19-13(12)24-10-18-20-21-24/h8,10-11H,3-7,9H2,1-2H3,(H,17,19). The number of aromatic nitrogens is 6. The average Bonchev–Trinajstić information content (AvgIpc) is 3.37. The summed E-state index contributed by atoms with van der Waals surface area (Å²) in [7, 11) is 0. The summed E-state index contributed by atoms with van der Waals surface area (Å²) in [5.74, 6) is 0.456. The molecule has 138 valence electrons. The molecule has 26 heavy (non-hydrogen) atoms. The lowest BCUT2D eigenvalue weighted by Gasteiger charge is -2.41. The highest BCUT2D eigenvalue weighted by atomic mass is 16.2. The van der Waals surface area contributed by atoms with Crippen LogP contribution in [0.4, 0.5) is 0 Å². The maximum atomic E-state index is 13.0. The number of carbonyl (C=O) groups is 2. The van der Waals surface area contributed by atoms with Crippen molar-refractivity contribution in [2.24, 2.45) is 5.41 Å². The minimum Gasteiger partial charge on any atom is -0.340 e. The molecular formula is C16H22N8O2. The first-order valence-electron chi connectivity index (χ1n) is 8.89. The molecule has 0 aliphatic carbocycles. The molecule has 4 heterocycles. The summed E-state index contributed by atoms with van der Waals surface area (Å²) >= 11 is 0. The monoisotopic (exact) mass is 358 g/mol. The first kappa shape index (κ1) is 16.7. The maximum absolute atomic E-state index is 13.0. The van der Waals surface area contributed by atoms with Gasteiger partial charge in [-0.3, -0.25) is 14.7 Å². The Balaban J connectivity index is 1.55. The van der Waals surface area contributed by atoms with Crippen molar-refractivity contribution in [2.45, 2.75) is 39.2 Å². The maximum Gasteiger partial charge on any atom is 0.259 e. The molecule has 2 amide bonds. The van der Waals surface area contributed by atoms with Gasteiger partial charge in [0.25, 0.3) is 5.91 Å². The van der Waals surface area contributed by atoms with Crippen LogP contribution < -0.4 is 0 Å². The van der Waals surface area contributed by atoms with Gasteiger partial charge in [-0.15, -0.1) is 5.10 Å². The number of hydrogen-bond donors (Lipinski definition) is 1. The van der Waals surface area contributed by atoms with E-state index in [0.717, 1.165) is 19.4 Å². The molecule has 1 spiro atoms. The van der Waals surface area contributed by atoms with Crippen molar-refractivity contribution >= 4 is 11.8 Å². The van der Waals surface area contributed by atoms with E-state index in [9.17, 15) is 9.59 Å². The summed E-state index contributed by atoms with van der Waals surface area (Å²) in [4.78, 5) is 29.8. The molecular weight excluding hydrogens is 336 g/mol. The Bertz CT molecular complexity index is 814. The largest absolute Gasteiger partial charge is 0.340 e. The van der Waals surface area contributed by atoms with Gasteiger partial charge in [-0.05, 0) is 43.5 Å². The van der Waals surface area contributed by atoms with Crippen LogP contribution in [-0.4, -0.2) is 77.7 Å². The van der Waals surface area contributed by atoms with Crippen LogP contribution in [0.25, 0.3) is 5.82 Å². The van der Waals surface area contributed by atoms with Crippen LogP contribution in [0.1, 0.15) is 43.5 Å². The van der Waals surface area contributed by atoms with Gasteiger partial charge in [-0.2, -0.15) is 9.78 Å². The van der Waals surface area contributed by atoms with Gasteiger partial charge in [0.2, 0.25) is 5.91 Å². The minimum atomic E-state index is -0.448. The molecule has 10 heteroatoms. The molecule has 2 saturated heterocycles. The highest BCUT2D eigenvalue weighted by molar-refractivity contribution is 5.98. The van der Waals surface area contributed by atoms with E-state index in [0.29, 0.717) is 30.9 Å². The SMILES string of the molecule is CC(C)N1CCCC2(CCN(C(=O)c3cn[nH]c3-n3cnnn3)C2)C1=O. The van der Waals surface area contributed by atoms with Gasteiger partial charge in [-0.25, -0.2) is 0 Å². The van der Waals surface area contributed by atoms with Crippen LogP contribution >= 0.6 is 0 Å². The average molecular weight is 358 g/mol. The smallest absolute Gasteiger partial charge is 0.259 e. The van der Waals surface area contributed by atoms with Crippen molar-refractivity contribution in [3.05, 3.63) is 18.1 Å². The first-order chi connectivity index (χ1) is 12.5. The first-order valence-corrected chi connectivity index (χ1v) is 8.89. The second-order valence-corrected chi connectivity index (χ2v) is 7.34. The number of piperidine rings is 1. The lowest BCUT2D eigenvalue weighted by Crippen LogP contribution is -2.52. The van der Waals surface area contributed by atoms with E-state index in [1.54, 1.807) is 4.90 Å². The zero-order valence-corrected chi connectivity index (χ0v) is 14.9. The highest BCUT2D eigenvalue weighted by Gasteiger charge is 2.50. The molecule has 2 aliphatic heterocycles. The van der Waals surface area contributed by atoms with E-state index in [2.05, 4.69) is 25.7 Å². The number of hydrogen-bond acceptors (Lipinski definition) is 6. The molecule has 0 aromatic carbocycles. The van der Waals surface area contributed by atoms with Crippen molar-refractivity contribution in [3.8, 4) is 5.82 Å². The predicted octanol–water partition coefficient (Wildman–Crippen LogP) is 0.249. The van der Waals surface area contributed by atoms with Gasteiger partial charge in [0, 0.05) is 25.7 Å². The number of likely N-dealkylation sites (tertiary alicyclic amines) is 2. The number of amides is 2. The quantitative estimate of drug-likeness (QED) is 0.841. The Labute approximate surface area is 150 Å². The number of aromatic amines is 1. The third-order valence-electron chi connectivity index (χ3n) is 5.46. The number of H-pyrrole nitrogens is 1. The molecule has 1 atom stereocenters. The Morgan fingerprint density at radius 2 is 2.15 bits per heavy atom. The molecule has 0 bridgehead atoms. The number of tetrazole rings is 1. The van der Waals surface area contributed by atoms with Crippen LogP contribution in [-0.2, 0) is 4.79 Å². The van der Waals surface area contributed by atoms with Crippen molar-refractivity contribution in [3.63, 3.8) is 0 Å². The molecule has 2 aromatic heterocycles. The van der Waals surface area contributed by atoms with E-state index >= 15 is 0 Å². The van der Waals surface area contributed by atoms with Crippen molar-refractivity contribution in [1.29, 1.82) is 0 Å². The number of rotatable bonds is 3. The Morgan fingerprint density at radius 1 is 1.31 bits per heavy atom. The number of nitrogens with one attached hydrogen (secondary N) is 1. The topological polar surface area (TPSA) is 113 Å². The van der Waals surface area contributed by atoms with Gasteiger partial charge >= 0.3 is 0 Å². The molecule has 4 rings (SSSR count). The minimum absolute atomic E-state index is 0.157. The molecule has 1 N–H and O–H groups in total. The van der Waals surface area contributed by atoms with Crippen LogP contribution in [0.2, 0.25) is 0 Å². The van der Waals surface area contributed by atoms with Crippen molar-refractivity contribution in [2.75, 3.05) is 19.6 Å². The summed E-state index contributed by atoms with van der Waals surface area (Å²) in [5, 5.41) is 17.7. The van der Waals surface area contributed by atoms with Crippen molar-refractivity contribution < 1.29 is 9.59 Å². The molecule has 1 unspecified atom stereocenters. The fraction of sp³-hybridized carbons (Fsp3) is 0.625. The second kappa shape index (κ2) is 6.19. The summed E-state index contributed by atoms with van der Waals surface area (Å²) < 4.78 is 1.37. The predicted molar refractivity (Wildman–Crippen MR) is 90.3 cm³/mol. The summed E-state index contributed by atoms with van der Waals surface area (Å²) in [6.07, 6.45) is 5.41. The summed E-state index contributed by atoms with van der Waals surface area (Å²) in [6, 6.07) is 0.185. The fourth-order valence-corrected chi connectivity index (χ4v) is 4.06. The Morgan fingerprint density at radius 3 is 2.88 bits per heavy atom. The van der Waals surface area contributed by atoms with Gasteiger partial charge < -0.3 is 9.80 Å². The molecule has 0 saturated carbocycles. The van der Waals surface area contributed by atoms with Gasteiger partial charge in [0.1, 0.15) is 11.9 Å². The van der Waals surface area contributed by atoms with E-state index in [4.69, 9.17) is 0 Å². The van der Waals surface area contributed by atoms with Crippen LogP contribution in [0.5, 0.6) is 0 Å². The normalized spacial score (nSPS) is 23.4. The molecule has 10 nitrogen and oxygen atoms in total. The second-order valence-electron chi connectivity index (χ2n) is 7.34. The highest BCUT2D eigenvalue weighted by Crippen LogP contribution is 2.41. The van der Waals surface area contributed by atoms with Gasteiger partial charge in [0.15, 0.2) is 5.82 Å². The van der Waals surface area contributed by atoms with E-state index in [1.807, 2.05) is 18.7 Å². The van der Waals surface area contributed by atoms with E-state index < -0.39 is 5.41 Å². The number of carbonyl (C=O) groups excluding carboxylic acids is 2. The molecule has 2 aliphatic rings. The van der Waals surface area contributed by atoms with Crippen LogP contribution in [0.15, 0.2) is 12.5 Å². The van der Waals surface area contributed by atoms with Gasteiger partial charge in [-0.1, -0.05) is 0 Å². The fourth-order valence-electron chi connectivity index (χ4n) is 4.06. The van der Waals surface area contributed by atoms with Crippen LogP contribution in [0.3, 0.4) is 0 Å². The van der Waals surface area contributed by atoms with Crippen molar-refractivity contribution in [1.82, 2.24) is 40.2 Å². The Kier molecular flexibility index (Phi) is 3.97. The molecule has 0 radical (unpaired) electrons. The zero-order valence-electron chi connectivity index (χ0n) is 14.9. The van der Waals surface area contributed by atoms with E-state index in [1.165, 1.54) is 17.2 Å². The van der Waals surface area contributed by atoms with E-state index in [-0.39, 0.29) is 17.9 Å².